The molecule has 29 heavy (non-hydrogen) atoms. The topological polar surface area (TPSA) is 62.3 Å². The molecule has 0 bridgehead atoms. The highest BCUT2D eigenvalue weighted by Crippen LogP contribution is 2.49. The number of hydrogen-bond acceptors (Lipinski definition) is 5. The summed E-state index contributed by atoms with van der Waals surface area (Å²) in [5, 5.41) is 1.15. The number of aromatic nitrogens is 1. The maximum absolute atomic E-state index is 13.2. The van der Waals surface area contributed by atoms with Gasteiger partial charge in [-0.2, -0.15) is 5.01 Å². The highest BCUT2D eigenvalue weighted by atomic mass is 32.2. The molecule has 5 rings (SSSR count). The molecule has 0 spiro atoms. The van der Waals surface area contributed by atoms with Crippen LogP contribution in [0.2, 0.25) is 0 Å². The Morgan fingerprint density at radius 1 is 0.897 bits per heavy atom. The van der Waals surface area contributed by atoms with Crippen LogP contribution in [0.25, 0.3) is 16.7 Å². The lowest BCUT2D eigenvalue weighted by Gasteiger charge is -2.15. The zero-order valence-electron chi connectivity index (χ0n) is 15.0. The maximum atomic E-state index is 13.2. The molecule has 5 nitrogen and oxygen atoms in total. The highest BCUT2D eigenvalue weighted by molar-refractivity contribution is 8.26. The number of hydrogen-bond donors (Lipinski definition) is 1. The van der Waals surface area contributed by atoms with Crippen molar-refractivity contribution in [2.24, 2.45) is 0 Å². The van der Waals surface area contributed by atoms with E-state index in [9.17, 15) is 9.59 Å². The number of nitrogens with one attached hydrogen (secondary N) is 1. The Morgan fingerprint density at radius 3 is 2.03 bits per heavy atom. The first-order chi connectivity index (χ1) is 14.1. The fourth-order valence-electron chi connectivity index (χ4n) is 3.55. The Bertz CT molecular complexity index is 1170. The number of benzene rings is 2. The fourth-order valence-corrected chi connectivity index (χ4v) is 4.82. The molecule has 1 N–H and O–H groups in total. The van der Waals surface area contributed by atoms with Crippen molar-refractivity contribution < 1.29 is 9.59 Å². The summed E-state index contributed by atoms with van der Waals surface area (Å²) >= 11 is 6.61. The van der Waals surface area contributed by atoms with Crippen molar-refractivity contribution in [3.8, 4) is 11.1 Å². The van der Waals surface area contributed by atoms with Crippen molar-refractivity contribution in [3.63, 3.8) is 0 Å². The van der Waals surface area contributed by atoms with Crippen molar-refractivity contribution in [1.82, 2.24) is 15.4 Å². The Labute approximate surface area is 176 Å². The molecular weight excluding hydrogens is 402 g/mol. The van der Waals surface area contributed by atoms with Crippen LogP contribution in [0, 0.1) is 0 Å². The van der Waals surface area contributed by atoms with Gasteiger partial charge in [0.25, 0.3) is 11.8 Å². The van der Waals surface area contributed by atoms with Crippen molar-refractivity contribution >= 4 is 45.7 Å². The zero-order valence-corrected chi connectivity index (χ0v) is 16.6. The normalized spacial score (nSPS) is 14.8. The average Bonchev–Trinajstić information content (AvgIpc) is 3.23. The maximum Gasteiger partial charge on any atom is 0.285 e. The molecule has 0 unspecified atom stereocenters. The minimum atomic E-state index is -0.415. The standard InChI is InChI=1S/C22H13N3O2S2/c26-20(13-9-11-23-12-10-13)24-25-21(27)19(29-22(25)28)18-16-7-3-1-5-14(16)15-6-2-4-8-17(15)18/h1-12H,(H,24,26). The SMILES string of the molecule is O=C(NN1C(=O)C(=C2c3ccccc3-c3ccccc32)SC1=S)c1ccncc1. The highest BCUT2D eigenvalue weighted by Gasteiger charge is 2.39. The minimum absolute atomic E-state index is 0.293. The second-order valence-corrected chi connectivity index (χ2v) is 8.12. The number of carbonyl (C=O) groups is 2. The van der Waals surface area contributed by atoms with E-state index < -0.39 is 5.91 Å². The summed E-state index contributed by atoms with van der Waals surface area (Å²) in [7, 11) is 0. The molecule has 1 aliphatic carbocycles. The lowest BCUT2D eigenvalue weighted by Crippen LogP contribution is -2.44. The molecule has 0 radical (unpaired) electrons. The predicted octanol–water partition coefficient (Wildman–Crippen LogP) is 4.03. The van der Waals surface area contributed by atoms with Gasteiger partial charge in [0.2, 0.25) is 0 Å². The van der Waals surface area contributed by atoms with Crippen LogP contribution < -0.4 is 5.43 Å². The van der Waals surface area contributed by atoms with Crippen LogP contribution in [0.1, 0.15) is 21.5 Å². The number of thiocarbonyl (C=S) groups is 1. The largest absolute Gasteiger partial charge is 0.285 e. The molecule has 2 aromatic carbocycles. The first-order valence-electron chi connectivity index (χ1n) is 8.86. The number of fused-ring (bicyclic) bond motifs is 3. The summed E-state index contributed by atoms with van der Waals surface area (Å²) in [6, 6.07) is 19.1. The molecule has 2 heterocycles. The lowest BCUT2D eigenvalue weighted by molar-refractivity contribution is -0.123. The van der Waals surface area contributed by atoms with E-state index in [0.29, 0.717) is 14.8 Å². The van der Waals surface area contributed by atoms with Gasteiger partial charge in [-0.1, -0.05) is 60.3 Å². The molecule has 140 valence electrons. The van der Waals surface area contributed by atoms with Crippen LogP contribution in [-0.4, -0.2) is 26.1 Å². The van der Waals surface area contributed by atoms with Gasteiger partial charge in [-0.05, 0) is 46.6 Å². The van der Waals surface area contributed by atoms with Crippen LogP contribution in [0.15, 0.2) is 78.0 Å². The molecule has 1 aliphatic heterocycles. The van der Waals surface area contributed by atoms with Crippen LogP contribution >= 0.6 is 24.0 Å². The molecule has 7 heteroatoms. The van der Waals surface area contributed by atoms with Gasteiger partial charge >= 0.3 is 0 Å². The molecule has 1 saturated heterocycles. The number of amides is 2. The van der Waals surface area contributed by atoms with Crippen molar-refractivity contribution in [3.05, 3.63) is 94.7 Å². The number of thioether (sulfide) groups is 1. The van der Waals surface area contributed by atoms with E-state index in [2.05, 4.69) is 10.4 Å². The number of rotatable bonds is 2. The van der Waals surface area contributed by atoms with E-state index in [1.54, 1.807) is 12.1 Å². The quantitative estimate of drug-likeness (QED) is 0.396. The molecular formula is C22H13N3O2S2. The Balaban J connectivity index is 1.56. The average molecular weight is 415 g/mol. The van der Waals surface area contributed by atoms with Crippen molar-refractivity contribution in [2.75, 3.05) is 0 Å². The van der Waals surface area contributed by atoms with Crippen LogP contribution in [0.3, 0.4) is 0 Å². The Kier molecular flexibility index (Phi) is 4.26. The molecule has 2 aliphatic rings. The lowest BCUT2D eigenvalue weighted by atomic mass is 10.0. The van der Waals surface area contributed by atoms with E-state index >= 15 is 0 Å². The van der Waals surface area contributed by atoms with E-state index in [1.807, 2.05) is 48.5 Å². The molecule has 0 atom stereocenters. The third-order valence-corrected chi connectivity index (χ3v) is 6.21. The second kappa shape index (κ2) is 6.95. The van der Waals surface area contributed by atoms with Crippen molar-refractivity contribution in [2.45, 2.75) is 0 Å². The molecule has 0 saturated carbocycles. The summed E-state index contributed by atoms with van der Waals surface area (Å²) in [5.74, 6) is -0.744. The van der Waals surface area contributed by atoms with E-state index in [-0.39, 0.29) is 5.91 Å². The minimum Gasteiger partial charge on any atom is -0.267 e. The van der Waals surface area contributed by atoms with Crippen molar-refractivity contribution in [1.29, 1.82) is 0 Å². The predicted molar refractivity (Wildman–Crippen MR) is 117 cm³/mol. The third-order valence-electron chi connectivity index (χ3n) is 4.84. The Hall–Kier alpha value is -3.29. The second-order valence-electron chi connectivity index (χ2n) is 6.48. The number of hydrazine groups is 1. The van der Waals surface area contributed by atoms with E-state index in [0.717, 1.165) is 32.8 Å². The van der Waals surface area contributed by atoms with Gasteiger partial charge in [0.05, 0.1) is 4.91 Å². The smallest absolute Gasteiger partial charge is 0.267 e. The van der Waals surface area contributed by atoms with Gasteiger partial charge in [-0.25, -0.2) is 0 Å². The van der Waals surface area contributed by atoms with Gasteiger partial charge in [0.15, 0.2) is 4.32 Å². The van der Waals surface area contributed by atoms with Crippen LogP contribution in [0.4, 0.5) is 0 Å². The number of nitrogens with zero attached hydrogens (tertiary/aromatic N) is 2. The third kappa shape index (κ3) is 2.86. The first kappa shape index (κ1) is 17.8. The summed E-state index contributed by atoms with van der Waals surface area (Å²) in [6.45, 7) is 0. The fraction of sp³-hybridized carbons (Fsp3) is 0. The van der Waals surface area contributed by atoms with Gasteiger partial charge in [0.1, 0.15) is 0 Å². The molecule has 1 fully saturated rings. The van der Waals surface area contributed by atoms with Gasteiger partial charge < -0.3 is 0 Å². The number of pyridine rings is 1. The van der Waals surface area contributed by atoms with Crippen LogP contribution in [-0.2, 0) is 4.79 Å². The van der Waals surface area contributed by atoms with Crippen LogP contribution in [0.5, 0.6) is 0 Å². The zero-order chi connectivity index (χ0) is 20.0. The van der Waals surface area contributed by atoms with Gasteiger partial charge in [0, 0.05) is 23.5 Å². The Morgan fingerprint density at radius 2 is 1.45 bits per heavy atom. The molecule has 1 aromatic heterocycles. The van der Waals surface area contributed by atoms with Gasteiger partial charge in [-0.3, -0.25) is 20.0 Å². The van der Waals surface area contributed by atoms with E-state index in [1.165, 1.54) is 24.2 Å². The monoisotopic (exact) mass is 415 g/mol. The summed E-state index contributed by atoms with van der Waals surface area (Å²) in [4.78, 5) is 30.1. The molecule has 2 amide bonds. The number of carbonyl (C=O) groups excluding carboxylic acids is 2. The summed E-state index contributed by atoms with van der Waals surface area (Å²) < 4.78 is 0.293. The van der Waals surface area contributed by atoms with Gasteiger partial charge in [-0.15, -0.1) is 0 Å². The summed E-state index contributed by atoms with van der Waals surface area (Å²) in [5.41, 5.74) is 8.04. The first-order valence-corrected chi connectivity index (χ1v) is 10.1. The molecule has 3 aromatic rings. The van der Waals surface area contributed by atoms with E-state index in [4.69, 9.17) is 12.2 Å². The summed E-state index contributed by atoms with van der Waals surface area (Å²) in [6.07, 6.45) is 3.04.